The van der Waals surface area contributed by atoms with Gasteiger partial charge in [0.25, 0.3) is 0 Å². The van der Waals surface area contributed by atoms with Crippen molar-refractivity contribution in [3.8, 4) is 28.8 Å². The summed E-state index contributed by atoms with van der Waals surface area (Å²) in [4.78, 5) is 16.2. The van der Waals surface area contributed by atoms with Gasteiger partial charge in [0, 0.05) is 23.9 Å². The number of carbonyl (C=O) groups is 1. The minimum Gasteiger partial charge on any atom is -0.465 e. The Morgan fingerprint density at radius 2 is 1.82 bits per heavy atom. The highest BCUT2D eigenvalue weighted by atomic mass is 35.5. The molecule has 4 aromatic rings. The summed E-state index contributed by atoms with van der Waals surface area (Å²) in [5, 5.41) is 17.3. The van der Waals surface area contributed by atoms with Crippen LogP contribution in [0.25, 0.3) is 11.3 Å². The van der Waals surface area contributed by atoms with E-state index >= 15 is 0 Å². The number of carbonyl (C=O) groups excluding carboxylic acids is 1. The van der Waals surface area contributed by atoms with Crippen molar-refractivity contribution in [2.75, 3.05) is 11.9 Å². The lowest BCUT2D eigenvalue weighted by Crippen LogP contribution is -2.13. The fraction of sp³-hybridized carbons (Fsp3) is 0.120. The first-order valence-corrected chi connectivity index (χ1v) is 10.8. The second kappa shape index (κ2) is 10.5. The number of nitrogens with one attached hydrogen (secondary N) is 1. The summed E-state index contributed by atoms with van der Waals surface area (Å²) in [6.07, 6.45) is 1.65. The van der Waals surface area contributed by atoms with Gasteiger partial charge >= 0.3 is 5.97 Å². The van der Waals surface area contributed by atoms with Crippen LogP contribution in [0.4, 0.5) is 11.6 Å². The number of hydrogen-bond acceptors (Lipinski definition) is 7. The summed E-state index contributed by atoms with van der Waals surface area (Å²) in [6, 6.07) is 22.1. The molecule has 4 rings (SSSR count). The first-order chi connectivity index (χ1) is 16.6. The van der Waals surface area contributed by atoms with Crippen LogP contribution < -0.4 is 10.1 Å². The van der Waals surface area contributed by atoms with Gasteiger partial charge in [-0.2, -0.15) is 10.4 Å². The zero-order valence-corrected chi connectivity index (χ0v) is 19.0. The second-order valence-corrected chi connectivity index (χ2v) is 7.50. The normalized spacial score (nSPS) is 10.4. The molecule has 0 atom stereocenters. The standard InChI is InChI=1S/C25H20ClN5O3/c1-2-33-24(32)16-31-13-12-22(30-31)28-23-14-21(26)20(15-27)25(29-23)17-8-10-19(11-9-17)34-18-6-4-3-5-7-18/h3-14H,2,16H2,1H3,(H,28,29,30). The maximum Gasteiger partial charge on any atom is 0.327 e. The van der Waals surface area contributed by atoms with Crippen LogP contribution in [0.5, 0.6) is 11.5 Å². The molecule has 0 saturated carbocycles. The Labute approximate surface area is 201 Å². The molecule has 0 amide bonds. The number of nitrogens with zero attached hydrogens (tertiary/aromatic N) is 4. The average molecular weight is 474 g/mol. The predicted molar refractivity (Wildman–Crippen MR) is 128 cm³/mol. The van der Waals surface area contributed by atoms with Gasteiger partial charge in [-0.25, -0.2) is 4.98 Å². The van der Waals surface area contributed by atoms with Crippen LogP contribution in [0.1, 0.15) is 12.5 Å². The molecule has 34 heavy (non-hydrogen) atoms. The molecule has 0 aliphatic carbocycles. The third-order valence-electron chi connectivity index (χ3n) is 4.68. The number of para-hydroxylation sites is 1. The summed E-state index contributed by atoms with van der Waals surface area (Å²) >= 11 is 6.38. The molecule has 2 aromatic carbocycles. The number of anilines is 2. The second-order valence-electron chi connectivity index (χ2n) is 7.09. The molecule has 0 bridgehead atoms. The zero-order chi connectivity index (χ0) is 23.9. The molecular formula is C25H20ClN5O3. The van der Waals surface area contributed by atoms with Gasteiger partial charge in [0.15, 0.2) is 5.82 Å². The molecular weight excluding hydrogens is 454 g/mol. The molecule has 0 spiro atoms. The zero-order valence-electron chi connectivity index (χ0n) is 18.2. The monoisotopic (exact) mass is 473 g/mol. The Kier molecular flexibility index (Phi) is 7.06. The van der Waals surface area contributed by atoms with E-state index in [0.29, 0.717) is 35.2 Å². The summed E-state index contributed by atoms with van der Waals surface area (Å²) in [5.74, 6) is 1.88. The van der Waals surface area contributed by atoms with Crippen LogP contribution in [0.3, 0.4) is 0 Å². The van der Waals surface area contributed by atoms with E-state index in [1.54, 1.807) is 37.4 Å². The number of rotatable bonds is 8. The SMILES string of the molecule is CCOC(=O)Cn1ccc(Nc2cc(Cl)c(C#N)c(-c3ccc(Oc4ccccc4)cc3)n2)n1. The maximum atomic E-state index is 11.7. The third kappa shape index (κ3) is 5.52. The van der Waals surface area contributed by atoms with Crippen molar-refractivity contribution in [2.45, 2.75) is 13.5 Å². The minimum atomic E-state index is -0.376. The molecule has 2 heterocycles. The van der Waals surface area contributed by atoms with Crippen LogP contribution in [-0.4, -0.2) is 27.3 Å². The Morgan fingerprint density at radius 1 is 1.09 bits per heavy atom. The predicted octanol–water partition coefficient (Wildman–Crippen LogP) is 5.57. The molecule has 1 N–H and O–H groups in total. The van der Waals surface area contributed by atoms with Crippen molar-refractivity contribution >= 4 is 29.2 Å². The maximum absolute atomic E-state index is 11.7. The fourth-order valence-electron chi connectivity index (χ4n) is 3.19. The molecule has 0 aliphatic heterocycles. The van der Waals surface area contributed by atoms with Gasteiger partial charge in [-0.15, -0.1) is 0 Å². The highest BCUT2D eigenvalue weighted by Crippen LogP contribution is 2.32. The topological polar surface area (TPSA) is 102 Å². The summed E-state index contributed by atoms with van der Waals surface area (Å²) < 4.78 is 12.2. The minimum absolute atomic E-state index is 0.000272. The van der Waals surface area contributed by atoms with Crippen molar-refractivity contribution in [1.29, 1.82) is 5.26 Å². The Balaban J connectivity index is 1.56. The molecule has 9 heteroatoms. The third-order valence-corrected chi connectivity index (χ3v) is 4.98. The van der Waals surface area contributed by atoms with Crippen LogP contribution in [0, 0.1) is 11.3 Å². The van der Waals surface area contributed by atoms with Gasteiger partial charge in [0.05, 0.1) is 22.9 Å². The highest BCUT2D eigenvalue weighted by Gasteiger charge is 2.15. The molecule has 0 unspecified atom stereocenters. The van der Waals surface area contributed by atoms with Gasteiger partial charge in [0.2, 0.25) is 0 Å². The van der Waals surface area contributed by atoms with Gasteiger partial charge in [-0.3, -0.25) is 9.48 Å². The number of esters is 1. The first kappa shape index (κ1) is 22.8. The molecule has 170 valence electrons. The molecule has 0 fully saturated rings. The number of ether oxygens (including phenoxy) is 2. The van der Waals surface area contributed by atoms with Crippen molar-refractivity contribution in [1.82, 2.24) is 14.8 Å². The van der Waals surface area contributed by atoms with Crippen LogP contribution in [0.15, 0.2) is 72.9 Å². The lowest BCUT2D eigenvalue weighted by molar-refractivity contribution is -0.144. The van der Waals surface area contributed by atoms with E-state index < -0.39 is 0 Å². The van der Waals surface area contributed by atoms with Crippen molar-refractivity contribution in [3.63, 3.8) is 0 Å². The number of benzene rings is 2. The number of nitriles is 1. The molecule has 0 aliphatic rings. The van der Waals surface area contributed by atoms with Crippen molar-refractivity contribution < 1.29 is 14.3 Å². The van der Waals surface area contributed by atoms with Crippen molar-refractivity contribution in [3.05, 3.63) is 83.5 Å². The van der Waals surface area contributed by atoms with E-state index in [1.165, 1.54) is 4.68 Å². The summed E-state index contributed by atoms with van der Waals surface area (Å²) in [6.45, 7) is 2.05. The van der Waals surface area contributed by atoms with Gasteiger partial charge in [-0.05, 0) is 43.3 Å². The number of pyridine rings is 1. The van der Waals surface area contributed by atoms with Crippen LogP contribution in [-0.2, 0) is 16.1 Å². The van der Waals surface area contributed by atoms with E-state index in [2.05, 4.69) is 21.5 Å². The average Bonchev–Trinajstić information content (AvgIpc) is 3.26. The van der Waals surface area contributed by atoms with Crippen LogP contribution in [0.2, 0.25) is 5.02 Å². The first-order valence-electron chi connectivity index (χ1n) is 10.5. The van der Waals surface area contributed by atoms with E-state index in [0.717, 1.165) is 5.75 Å². The Bertz CT molecular complexity index is 1330. The van der Waals surface area contributed by atoms with Gasteiger partial charge < -0.3 is 14.8 Å². The number of aromatic nitrogens is 3. The number of hydrogen-bond donors (Lipinski definition) is 1. The Morgan fingerprint density at radius 3 is 2.53 bits per heavy atom. The largest absolute Gasteiger partial charge is 0.465 e. The van der Waals surface area contributed by atoms with Crippen LogP contribution >= 0.6 is 11.6 Å². The van der Waals surface area contributed by atoms with E-state index in [9.17, 15) is 10.1 Å². The molecule has 0 saturated heterocycles. The Hall–Kier alpha value is -4.35. The van der Waals surface area contributed by atoms with E-state index in [4.69, 9.17) is 21.1 Å². The molecule has 0 radical (unpaired) electrons. The van der Waals surface area contributed by atoms with E-state index in [1.807, 2.05) is 42.5 Å². The van der Waals surface area contributed by atoms with Gasteiger partial charge in [-0.1, -0.05) is 29.8 Å². The van der Waals surface area contributed by atoms with Crippen molar-refractivity contribution in [2.24, 2.45) is 0 Å². The lowest BCUT2D eigenvalue weighted by Gasteiger charge is -2.11. The summed E-state index contributed by atoms with van der Waals surface area (Å²) in [5.41, 5.74) is 1.39. The molecule has 8 nitrogen and oxygen atoms in total. The quantitative estimate of drug-likeness (QED) is 0.334. The summed E-state index contributed by atoms with van der Waals surface area (Å²) in [7, 11) is 0. The molecule has 2 aromatic heterocycles. The van der Waals surface area contributed by atoms with E-state index in [-0.39, 0.29) is 23.1 Å². The number of halogens is 1. The fourth-order valence-corrected chi connectivity index (χ4v) is 3.42. The lowest BCUT2D eigenvalue weighted by atomic mass is 10.1. The van der Waals surface area contributed by atoms with Gasteiger partial charge in [0.1, 0.15) is 29.9 Å². The smallest absolute Gasteiger partial charge is 0.327 e. The highest BCUT2D eigenvalue weighted by molar-refractivity contribution is 6.32.